The van der Waals surface area contributed by atoms with Crippen molar-refractivity contribution < 1.29 is 0 Å². The molecule has 41 radical (unpaired) electrons. The van der Waals surface area contributed by atoms with E-state index in [0.29, 0.717) is 0 Å². The number of hydrogen-bond donors (Lipinski definition) is 0. The molecule has 1 aliphatic heterocycles. The fraction of sp³-hybridized carbons (Fsp3) is 0.156. The third kappa shape index (κ3) is 8.00. The minimum absolute atomic E-state index is 0.0874. The summed E-state index contributed by atoms with van der Waals surface area (Å²) in [5.41, 5.74) is -7.04. The summed E-state index contributed by atoms with van der Waals surface area (Å²) in [6.45, 7) is 1.14. The van der Waals surface area contributed by atoms with E-state index in [1.54, 1.807) is 0 Å². The van der Waals surface area contributed by atoms with Crippen molar-refractivity contribution in [2.75, 3.05) is 11.4 Å². The van der Waals surface area contributed by atoms with Crippen LogP contribution in [0.1, 0.15) is 18.9 Å². The zero-order valence-electron chi connectivity index (χ0n) is 30.2. The quantitative estimate of drug-likeness (QED) is 0.152. The van der Waals surface area contributed by atoms with Crippen LogP contribution in [0.3, 0.4) is 0 Å². The summed E-state index contributed by atoms with van der Waals surface area (Å²) >= 11 is 0. The molecular formula is C32H10B21N2. The van der Waals surface area contributed by atoms with E-state index in [9.17, 15) is 0 Å². The third-order valence-electron chi connectivity index (χ3n) is 9.44. The van der Waals surface area contributed by atoms with Gasteiger partial charge in [0.15, 0.2) is 0 Å². The molecule has 1 heterocycles. The van der Waals surface area contributed by atoms with Gasteiger partial charge in [-0.05, 0) is 0 Å². The van der Waals surface area contributed by atoms with Crippen molar-refractivity contribution in [3.63, 3.8) is 0 Å². The van der Waals surface area contributed by atoms with Gasteiger partial charge in [0.2, 0.25) is 0 Å². The van der Waals surface area contributed by atoms with E-state index in [1.165, 1.54) is 16.7 Å². The fourth-order valence-electron chi connectivity index (χ4n) is 6.25. The van der Waals surface area contributed by atoms with Crippen LogP contribution in [-0.2, 0) is 5.66 Å². The van der Waals surface area contributed by atoms with Crippen molar-refractivity contribution in [3.05, 3.63) is 60.3 Å². The van der Waals surface area contributed by atoms with Crippen LogP contribution < -0.4 is 59.5 Å². The van der Waals surface area contributed by atoms with Crippen molar-refractivity contribution in [2.24, 2.45) is 0 Å². The standard InChI is InChI=1S/C32H10B21N2/c1-4-9(34)15(38)12-7-54(30-27(50)25(48)24(47)26(49)28(30)51)32(6-11(36)17(40)16(39)10(35)5-2,13-18(41)21(44)23(46)22(45)19(13)42)55(12)31(53)29(52)20(43)14(37)8(3)33/h1-2,12H,6-7H2,3H3/b14-8-,15-9-,16-10-,17-11-,29-20-. The van der Waals surface area contributed by atoms with Gasteiger partial charge in [-0.3, -0.25) is 0 Å². The Morgan fingerprint density at radius 3 is 1.42 bits per heavy atom. The molecule has 0 amide bonds. The Labute approximate surface area is 354 Å². The first-order valence-corrected chi connectivity index (χ1v) is 15.8. The van der Waals surface area contributed by atoms with Gasteiger partial charge in [0.05, 0.1) is 0 Å². The summed E-state index contributed by atoms with van der Waals surface area (Å²) in [7, 11) is 136. The summed E-state index contributed by atoms with van der Waals surface area (Å²) in [4.78, 5) is 2.81. The Hall–Kier alpha value is -2.91. The molecule has 3 rings (SSSR count). The molecule has 23 heteroatoms. The van der Waals surface area contributed by atoms with Crippen molar-refractivity contribution in [1.29, 1.82) is 0 Å². The predicted octanol–water partition coefficient (Wildman–Crippen LogP) is -11.3. The summed E-state index contributed by atoms with van der Waals surface area (Å²) in [6.07, 6.45) is 10.7. The summed E-state index contributed by atoms with van der Waals surface area (Å²) in [6, 6.07) is -1.28. The van der Waals surface area contributed by atoms with E-state index < -0.39 is 18.1 Å². The topological polar surface area (TPSA) is 6.48 Å². The number of rotatable bonds is 9. The van der Waals surface area contributed by atoms with Crippen molar-refractivity contribution in [3.8, 4) is 24.7 Å². The van der Waals surface area contributed by atoms with Gasteiger partial charge in [-0.25, -0.2) is 0 Å². The van der Waals surface area contributed by atoms with Crippen molar-refractivity contribution in [2.45, 2.75) is 25.0 Å². The van der Waals surface area contributed by atoms with Gasteiger partial charge in [0, 0.05) is 0 Å². The van der Waals surface area contributed by atoms with E-state index in [2.05, 4.69) is 11.8 Å². The van der Waals surface area contributed by atoms with Crippen LogP contribution in [0.5, 0.6) is 0 Å². The molecular weight excluding hydrogens is 639 g/mol. The summed E-state index contributed by atoms with van der Waals surface area (Å²) in [5.74, 6) is 4.50. The molecule has 1 saturated heterocycles. The van der Waals surface area contributed by atoms with Gasteiger partial charge >= 0.3 is 357 Å². The second kappa shape index (κ2) is 17.7. The van der Waals surface area contributed by atoms with Crippen LogP contribution in [0.2, 0.25) is 0 Å². The van der Waals surface area contributed by atoms with Gasteiger partial charge in [-0.2, -0.15) is 0 Å². The van der Waals surface area contributed by atoms with E-state index in [0.717, 1.165) is 0 Å². The first-order chi connectivity index (χ1) is 25.4. The molecule has 211 valence electrons. The predicted molar refractivity (Wildman–Crippen MR) is 253 cm³/mol. The fourth-order valence-corrected chi connectivity index (χ4v) is 6.25. The van der Waals surface area contributed by atoms with Crippen LogP contribution in [0.25, 0.3) is 0 Å². The summed E-state index contributed by atoms with van der Waals surface area (Å²) in [5, 5.41) is 0. The van der Waals surface area contributed by atoms with Crippen molar-refractivity contribution >= 4 is 230 Å². The number of anilines is 1. The molecule has 2 atom stereocenters. The number of nitrogens with zero attached hydrogens (tertiary/aromatic N) is 2. The Morgan fingerprint density at radius 2 is 1.00 bits per heavy atom. The minimum atomic E-state index is -2.18. The molecule has 2 aromatic rings. The molecule has 2 nitrogen and oxygen atoms in total. The number of benzene rings is 2. The first-order valence-electron chi connectivity index (χ1n) is 15.8. The normalized spacial score (nSPS) is 19.2. The van der Waals surface area contributed by atoms with Gasteiger partial charge in [0.1, 0.15) is 0 Å². The van der Waals surface area contributed by atoms with Crippen LogP contribution in [0.15, 0.2) is 54.7 Å². The molecule has 2 unspecified atom stereocenters. The molecule has 0 spiro atoms. The van der Waals surface area contributed by atoms with Crippen LogP contribution >= 0.6 is 0 Å². The third-order valence-corrected chi connectivity index (χ3v) is 9.44. The van der Waals surface area contributed by atoms with Gasteiger partial charge < -0.3 is 0 Å². The van der Waals surface area contributed by atoms with E-state index in [4.69, 9.17) is 177 Å². The number of terminal acetylenes is 2. The average Bonchev–Trinajstić information content (AvgIpc) is 3.48. The second-order valence-electron chi connectivity index (χ2n) is 12.6. The average molecular weight is 649 g/mol. The molecule has 0 bridgehead atoms. The van der Waals surface area contributed by atoms with Crippen LogP contribution in [-0.4, -0.2) is 187 Å². The zero-order chi connectivity index (χ0) is 42.3. The summed E-state index contributed by atoms with van der Waals surface area (Å²) < 4.78 is 0. The van der Waals surface area contributed by atoms with E-state index in [-0.39, 0.29) is 133 Å². The SMILES string of the molecule is [B]/C(C)=C([B])/C([B])=C(/[B])C(=[B])N1C(/C([B])=C(/[B])C#C)CN(c2c([B])c([B])c([B])c([B])c2[B])C1(C/C([B])=C([B])\C([B])=C(\[B])C#C)c1c([B])c([B])c([B])c([B])c1[B]. The maximum absolute atomic E-state index is 7.03. The Morgan fingerprint density at radius 1 is 0.582 bits per heavy atom. The van der Waals surface area contributed by atoms with Crippen LogP contribution in [0, 0.1) is 24.7 Å². The Balaban J connectivity index is 2.94. The van der Waals surface area contributed by atoms with Gasteiger partial charge in [0.25, 0.3) is 0 Å². The molecule has 55 heavy (non-hydrogen) atoms. The molecule has 1 fully saturated rings. The Kier molecular flexibility index (Phi) is 15.0. The second-order valence-corrected chi connectivity index (χ2v) is 12.6. The molecule has 1 aliphatic rings. The molecule has 0 saturated carbocycles. The molecule has 0 aromatic heterocycles. The molecule has 2 aromatic carbocycles. The molecule has 0 aliphatic carbocycles. The molecule has 0 N–H and O–H groups in total. The van der Waals surface area contributed by atoms with Crippen molar-refractivity contribution in [1.82, 2.24) is 4.90 Å². The van der Waals surface area contributed by atoms with E-state index >= 15 is 0 Å². The number of hydrogen-bond acceptors (Lipinski definition) is 2. The van der Waals surface area contributed by atoms with E-state index in [1.807, 2.05) is 0 Å². The van der Waals surface area contributed by atoms with Gasteiger partial charge in [-0.1, -0.05) is 0 Å². The van der Waals surface area contributed by atoms with Gasteiger partial charge in [-0.15, -0.1) is 0 Å². The Bertz CT molecular complexity index is 2190. The number of allylic oxidation sites excluding steroid dienone is 7. The van der Waals surface area contributed by atoms with Crippen LogP contribution in [0.4, 0.5) is 5.69 Å². The zero-order valence-corrected chi connectivity index (χ0v) is 30.2. The maximum atomic E-state index is 7.03. The monoisotopic (exact) mass is 653 g/mol. The first kappa shape index (κ1) is 46.5.